The van der Waals surface area contributed by atoms with Crippen LogP contribution in [-0.2, 0) is 11.2 Å². The van der Waals surface area contributed by atoms with E-state index in [1.165, 1.54) is 0 Å². The number of carbonyl (C=O) groups excluding carboxylic acids is 1. The van der Waals surface area contributed by atoms with E-state index in [9.17, 15) is 9.90 Å². The number of carbonyl (C=O) groups is 1. The summed E-state index contributed by atoms with van der Waals surface area (Å²) >= 11 is 0. The summed E-state index contributed by atoms with van der Waals surface area (Å²) in [6, 6.07) is 9.68. The molecule has 0 bridgehead atoms. The summed E-state index contributed by atoms with van der Waals surface area (Å²) in [5, 5.41) is 22.1. The first kappa shape index (κ1) is 20.0. The number of aliphatic hydroxyl groups excluding tert-OH is 1. The Balaban J connectivity index is 1.62. The van der Waals surface area contributed by atoms with Crippen molar-refractivity contribution >= 4 is 6.09 Å². The molecule has 26 heavy (non-hydrogen) atoms. The van der Waals surface area contributed by atoms with Gasteiger partial charge in [0.05, 0.1) is 19.1 Å². The quantitative estimate of drug-likeness (QED) is 0.732. The van der Waals surface area contributed by atoms with Gasteiger partial charge in [0.1, 0.15) is 18.5 Å². The normalized spacial score (nSPS) is 16.0. The fourth-order valence-electron chi connectivity index (χ4n) is 2.83. The highest BCUT2D eigenvalue weighted by atomic mass is 16.6. The Hall–Kier alpha value is -2.30. The fraction of sp³-hybridized carbons (Fsp3) is 0.579. The molecule has 1 unspecified atom stereocenters. The molecule has 0 aliphatic carbocycles. The molecule has 1 aliphatic heterocycles. The van der Waals surface area contributed by atoms with Gasteiger partial charge in [0.2, 0.25) is 0 Å². The second kappa shape index (κ2) is 10.6. The standard InChI is InChI=1S/C19H27N3O4/c1-2-25-19(24)22-11-8-16(9-12-22)21-13-17(23)14-26-18-5-3-15(4-6-18)7-10-20/h3-6,16-17,21,23H,2,7-9,11-14H2,1H3. The minimum atomic E-state index is -0.614. The van der Waals surface area contributed by atoms with Crippen LogP contribution in [0.4, 0.5) is 4.79 Å². The number of hydrogen-bond donors (Lipinski definition) is 2. The van der Waals surface area contributed by atoms with Gasteiger partial charge in [-0.2, -0.15) is 5.26 Å². The van der Waals surface area contributed by atoms with Crippen LogP contribution in [0.1, 0.15) is 25.3 Å². The number of amides is 1. The molecule has 1 fully saturated rings. The first-order valence-electron chi connectivity index (χ1n) is 9.04. The SMILES string of the molecule is CCOC(=O)N1CCC(NCC(O)COc2ccc(CC#N)cc2)CC1. The second-order valence-corrected chi connectivity index (χ2v) is 6.31. The topological polar surface area (TPSA) is 94.8 Å². The van der Waals surface area contributed by atoms with E-state index in [4.69, 9.17) is 14.7 Å². The molecule has 1 amide bonds. The van der Waals surface area contributed by atoms with Gasteiger partial charge >= 0.3 is 6.09 Å². The molecule has 1 aromatic carbocycles. The third-order valence-electron chi connectivity index (χ3n) is 4.31. The van der Waals surface area contributed by atoms with E-state index in [0.29, 0.717) is 38.4 Å². The molecule has 0 spiro atoms. The predicted octanol–water partition coefficient (Wildman–Crippen LogP) is 1.70. The number of benzene rings is 1. The zero-order valence-electron chi connectivity index (χ0n) is 15.2. The van der Waals surface area contributed by atoms with Crippen LogP contribution in [0.5, 0.6) is 5.75 Å². The third-order valence-corrected chi connectivity index (χ3v) is 4.31. The van der Waals surface area contributed by atoms with Crippen LogP contribution in [0, 0.1) is 11.3 Å². The average Bonchev–Trinajstić information content (AvgIpc) is 2.66. The van der Waals surface area contributed by atoms with Crippen molar-refractivity contribution in [3.8, 4) is 11.8 Å². The van der Waals surface area contributed by atoms with Crippen LogP contribution in [0.3, 0.4) is 0 Å². The molecule has 1 aliphatic rings. The molecule has 142 valence electrons. The molecule has 1 atom stereocenters. The van der Waals surface area contributed by atoms with Crippen molar-refractivity contribution < 1.29 is 19.4 Å². The monoisotopic (exact) mass is 361 g/mol. The lowest BCUT2D eigenvalue weighted by atomic mass is 10.1. The van der Waals surface area contributed by atoms with E-state index < -0.39 is 6.10 Å². The Labute approximate surface area is 154 Å². The average molecular weight is 361 g/mol. The van der Waals surface area contributed by atoms with Gasteiger partial charge in [-0.15, -0.1) is 0 Å². The summed E-state index contributed by atoms with van der Waals surface area (Å²) < 4.78 is 10.6. The van der Waals surface area contributed by atoms with Gasteiger partial charge in [0, 0.05) is 25.7 Å². The number of nitriles is 1. The zero-order valence-corrected chi connectivity index (χ0v) is 15.2. The van der Waals surface area contributed by atoms with Crippen molar-refractivity contribution in [3.63, 3.8) is 0 Å². The van der Waals surface area contributed by atoms with E-state index >= 15 is 0 Å². The number of rotatable bonds is 8. The lowest BCUT2D eigenvalue weighted by Crippen LogP contribution is -2.47. The molecular formula is C19H27N3O4. The Morgan fingerprint density at radius 1 is 1.38 bits per heavy atom. The molecule has 0 radical (unpaired) electrons. The first-order chi connectivity index (χ1) is 12.6. The minimum absolute atomic E-state index is 0.201. The van der Waals surface area contributed by atoms with Crippen molar-refractivity contribution in [2.24, 2.45) is 0 Å². The molecule has 7 nitrogen and oxygen atoms in total. The maximum Gasteiger partial charge on any atom is 0.409 e. The van der Waals surface area contributed by atoms with Gasteiger partial charge in [-0.25, -0.2) is 4.79 Å². The van der Waals surface area contributed by atoms with E-state index in [1.807, 2.05) is 12.1 Å². The van der Waals surface area contributed by atoms with E-state index in [-0.39, 0.29) is 18.7 Å². The molecule has 1 heterocycles. The van der Waals surface area contributed by atoms with Crippen molar-refractivity contribution in [2.75, 3.05) is 32.8 Å². The van der Waals surface area contributed by atoms with Crippen molar-refractivity contribution in [2.45, 2.75) is 38.3 Å². The van der Waals surface area contributed by atoms with Crippen LogP contribution in [0.25, 0.3) is 0 Å². The number of likely N-dealkylation sites (tertiary alicyclic amines) is 1. The fourth-order valence-corrected chi connectivity index (χ4v) is 2.83. The van der Waals surface area contributed by atoms with Gasteiger partial charge < -0.3 is 24.8 Å². The maximum absolute atomic E-state index is 11.7. The summed E-state index contributed by atoms with van der Waals surface area (Å²) in [6.45, 7) is 4.17. The van der Waals surface area contributed by atoms with Crippen LogP contribution >= 0.6 is 0 Å². The molecule has 2 rings (SSSR count). The highest BCUT2D eigenvalue weighted by Gasteiger charge is 2.23. The Bertz CT molecular complexity index is 592. The zero-order chi connectivity index (χ0) is 18.8. The third kappa shape index (κ3) is 6.54. The Kier molecular flexibility index (Phi) is 8.19. The van der Waals surface area contributed by atoms with E-state index in [0.717, 1.165) is 18.4 Å². The lowest BCUT2D eigenvalue weighted by molar-refractivity contribution is 0.0860. The summed E-state index contributed by atoms with van der Waals surface area (Å²) in [5.41, 5.74) is 0.941. The Morgan fingerprint density at radius 3 is 2.69 bits per heavy atom. The van der Waals surface area contributed by atoms with Crippen LogP contribution in [0.2, 0.25) is 0 Å². The van der Waals surface area contributed by atoms with Gasteiger partial charge in [0.15, 0.2) is 0 Å². The van der Waals surface area contributed by atoms with E-state index in [2.05, 4.69) is 11.4 Å². The van der Waals surface area contributed by atoms with Crippen molar-refractivity contribution in [3.05, 3.63) is 29.8 Å². The van der Waals surface area contributed by atoms with Crippen molar-refractivity contribution in [1.29, 1.82) is 5.26 Å². The molecule has 2 N–H and O–H groups in total. The summed E-state index contributed by atoms with van der Waals surface area (Å²) in [5.74, 6) is 0.675. The molecular weight excluding hydrogens is 334 g/mol. The highest BCUT2D eigenvalue weighted by Crippen LogP contribution is 2.13. The second-order valence-electron chi connectivity index (χ2n) is 6.31. The Morgan fingerprint density at radius 2 is 2.08 bits per heavy atom. The summed E-state index contributed by atoms with van der Waals surface area (Å²) in [6.07, 6.45) is 1.19. The first-order valence-corrected chi connectivity index (χ1v) is 9.04. The van der Waals surface area contributed by atoms with Crippen LogP contribution < -0.4 is 10.1 Å². The van der Waals surface area contributed by atoms with Gasteiger partial charge in [-0.1, -0.05) is 12.1 Å². The largest absolute Gasteiger partial charge is 0.491 e. The lowest BCUT2D eigenvalue weighted by Gasteiger charge is -2.32. The summed E-state index contributed by atoms with van der Waals surface area (Å²) in [4.78, 5) is 13.4. The number of piperidine rings is 1. The van der Waals surface area contributed by atoms with Gasteiger partial charge in [0.25, 0.3) is 0 Å². The van der Waals surface area contributed by atoms with Gasteiger partial charge in [-0.05, 0) is 37.5 Å². The van der Waals surface area contributed by atoms with Crippen molar-refractivity contribution in [1.82, 2.24) is 10.2 Å². The molecule has 1 aromatic rings. The smallest absolute Gasteiger partial charge is 0.409 e. The molecule has 0 aromatic heterocycles. The number of aliphatic hydroxyl groups is 1. The number of nitrogens with one attached hydrogen (secondary N) is 1. The maximum atomic E-state index is 11.7. The highest BCUT2D eigenvalue weighted by molar-refractivity contribution is 5.67. The number of hydrogen-bond acceptors (Lipinski definition) is 6. The summed E-state index contributed by atoms with van der Waals surface area (Å²) in [7, 11) is 0. The minimum Gasteiger partial charge on any atom is -0.491 e. The molecule has 1 saturated heterocycles. The van der Waals surface area contributed by atoms with Crippen LogP contribution in [-0.4, -0.2) is 61.1 Å². The number of ether oxygens (including phenoxy) is 2. The van der Waals surface area contributed by atoms with Gasteiger partial charge in [-0.3, -0.25) is 0 Å². The predicted molar refractivity (Wildman–Crippen MR) is 96.9 cm³/mol. The molecule has 0 saturated carbocycles. The van der Waals surface area contributed by atoms with Crippen LogP contribution in [0.15, 0.2) is 24.3 Å². The number of nitrogens with zero attached hydrogens (tertiary/aromatic N) is 2. The molecule has 7 heteroatoms. The van der Waals surface area contributed by atoms with E-state index in [1.54, 1.807) is 24.0 Å².